The monoisotopic (exact) mass is 303 g/mol. The third-order valence-electron chi connectivity index (χ3n) is 4.20. The maximum Gasteiger partial charge on any atom is 0.219 e. The van der Waals surface area contributed by atoms with Crippen molar-refractivity contribution in [1.82, 2.24) is 10.6 Å². The lowest BCUT2D eigenvalue weighted by Crippen LogP contribution is -2.26. The zero-order valence-corrected chi connectivity index (χ0v) is 13.1. The van der Waals surface area contributed by atoms with Gasteiger partial charge >= 0.3 is 0 Å². The lowest BCUT2D eigenvalue weighted by molar-refractivity contribution is -0.120. The van der Waals surface area contributed by atoms with Crippen LogP contribution in [0.25, 0.3) is 0 Å². The molecule has 1 heterocycles. The Morgan fingerprint density at radius 3 is 2.59 bits per heavy atom. The average molecular weight is 303 g/mol. The zero-order chi connectivity index (χ0) is 15.8. The fourth-order valence-corrected chi connectivity index (χ4v) is 2.81. The predicted octanol–water partition coefficient (Wildman–Crippen LogP) is 1.66. The van der Waals surface area contributed by atoms with Gasteiger partial charge in [0, 0.05) is 19.2 Å². The molecular weight excluding hydrogens is 278 g/mol. The van der Waals surface area contributed by atoms with E-state index in [2.05, 4.69) is 28.1 Å². The Morgan fingerprint density at radius 2 is 2.00 bits per heavy atom. The van der Waals surface area contributed by atoms with Crippen LogP contribution in [0, 0.1) is 0 Å². The molecule has 3 N–H and O–H groups in total. The highest BCUT2D eigenvalue weighted by Gasteiger charge is 2.15. The van der Waals surface area contributed by atoms with E-state index in [9.17, 15) is 9.59 Å². The highest BCUT2D eigenvalue weighted by atomic mass is 16.1. The summed E-state index contributed by atoms with van der Waals surface area (Å²) in [5.41, 5.74) is 2.28. The normalized spacial score (nSPS) is 16.8. The molecule has 1 aliphatic heterocycles. The van der Waals surface area contributed by atoms with Crippen molar-refractivity contribution < 1.29 is 9.59 Å². The first-order valence-corrected chi connectivity index (χ1v) is 7.96. The second-order valence-electron chi connectivity index (χ2n) is 5.75. The number of benzene rings is 1. The lowest BCUT2D eigenvalue weighted by atomic mass is 9.90. The number of amides is 1. The minimum Gasteiger partial charge on any atom is -0.376 e. The van der Waals surface area contributed by atoms with Crippen molar-refractivity contribution in [3.8, 4) is 0 Å². The molecule has 0 bridgehead atoms. The summed E-state index contributed by atoms with van der Waals surface area (Å²) in [5, 5.41) is 9.12. The molecule has 0 aliphatic carbocycles. The molecule has 1 unspecified atom stereocenters. The van der Waals surface area contributed by atoms with Crippen molar-refractivity contribution in [3.05, 3.63) is 29.8 Å². The Morgan fingerprint density at radius 1 is 1.32 bits per heavy atom. The highest BCUT2D eigenvalue weighted by molar-refractivity contribution is 5.76. The van der Waals surface area contributed by atoms with Crippen LogP contribution < -0.4 is 16.0 Å². The lowest BCUT2D eigenvalue weighted by Gasteiger charge is -2.23. The number of hydrogen-bond acceptors (Lipinski definition) is 4. The van der Waals surface area contributed by atoms with E-state index >= 15 is 0 Å². The largest absolute Gasteiger partial charge is 0.376 e. The van der Waals surface area contributed by atoms with Gasteiger partial charge in [-0.05, 0) is 56.0 Å². The second-order valence-corrected chi connectivity index (χ2v) is 5.75. The summed E-state index contributed by atoms with van der Waals surface area (Å²) < 4.78 is 0. The minimum atomic E-state index is -0.331. The number of rotatable bonds is 7. The minimum absolute atomic E-state index is 0.0464. The topological polar surface area (TPSA) is 70.2 Å². The first kappa shape index (κ1) is 16.5. The standard InChI is InChI=1S/C17H25N3O2/c1-18-17(22)7-6-16(12-21)20-15-4-2-13(3-5-15)14-8-10-19-11-9-14/h2-5,12,14,16,19-20H,6-11H2,1H3,(H,18,22). The van der Waals surface area contributed by atoms with Crippen LogP contribution >= 0.6 is 0 Å². The molecular formula is C17H25N3O2. The smallest absolute Gasteiger partial charge is 0.219 e. The maximum atomic E-state index is 11.2. The third-order valence-corrected chi connectivity index (χ3v) is 4.20. The van der Waals surface area contributed by atoms with Gasteiger partial charge in [0.2, 0.25) is 5.91 Å². The highest BCUT2D eigenvalue weighted by Crippen LogP contribution is 2.26. The molecule has 0 spiro atoms. The number of nitrogens with one attached hydrogen (secondary N) is 3. The summed E-state index contributed by atoms with van der Waals surface area (Å²) in [6.45, 7) is 2.16. The molecule has 5 heteroatoms. The number of piperidine rings is 1. The third kappa shape index (κ3) is 4.84. The van der Waals surface area contributed by atoms with E-state index in [4.69, 9.17) is 0 Å². The second kappa shape index (κ2) is 8.54. The predicted molar refractivity (Wildman–Crippen MR) is 88.1 cm³/mol. The number of carbonyl (C=O) groups excluding carboxylic acids is 2. The van der Waals surface area contributed by atoms with Crippen molar-refractivity contribution >= 4 is 17.9 Å². The van der Waals surface area contributed by atoms with Crippen molar-refractivity contribution in [2.24, 2.45) is 0 Å². The number of anilines is 1. The van der Waals surface area contributed by atoms with Gasteiger partial charge in [-0.15, -0.1) is 0 Å². The van der Waals surface area contributed by atoms with Gasteiger partial charge in [-0.2, -0.15) is 0 Å². The van der Waals surface area contributed by atoms with Gasteiger partial charge in [-0.3, -0.25) is 4.79 Å². The van der Waals surface area contributed by atoms with E-state index in [0.29, 0.717) is 18.8 Å². The molecule has 0 aromatic heterocycles. The van der Waals surface area contributed by atoms with Crippen LogP contribution in [0.4, 0.5) is 5.69 Å². The molecule has 1 atom stereocenters. The van der Waals surface area contributed by atoms with Crippen molar-refractivity contribution in [1.29, 1.82) is 0 Å². The summed E-state index contributed by atoms with van der Waals surface area (Å²) in [6, 6.07) is 7.99. The van der Waals surface area contributed by atoms with Crippen LogP contribution in [0.5, 0.6) is 0 Å². The van der Waals surface area contributed by atoms with Gasteiger partial charge in [0.1, 0.15) is 6.29 Å². The van der Waals surface area contributed by atoms with Crippen molar-refractivity contribution in [3.63, 3.8) is 0 Å². The van der Waals surface area contributed by atoms with Gasteiger partial charge in [0.25, 0.3) is 0 Å². The van der Waals surface area contributed by atoms with Crippen molar-refractivity contribution in [2.75, 3.05) is 25.5 Å². The Kier molecular flexibility index (Phi) is 6.40. The molecule has 22 heavy (non-hydrogen) atoms. The summed E-state index contributed by atoms with van der Waals surface area (Å²) in [4.78, 5) is 22.4. The first-order valence-electron chi connectivity index (χ1n) is 7.96. The summed E-state index contributed by atoms with van der Waals surface area (Å²) in [5.74, 6) is 0.584. The van der Waals surface area contributed by atoms with E-state index in [1.165, 1.54) is 18.4 Å². The Labute approximate surface area is 131 Å². The van der Waals surface area contributed by atoms with E-state index < -0.39 is 0 Å². The molecule has 1 amide bonds. The van der Waals surface area contributed by atoms with E-state index in [1.54, 1.807) is 7.05 Å². The van der Waals surface area contributed by atoms with Crippen LogP contribution in [0.15, 0.2) is 24.3 Å². The molecule has 1 aromatic rings. The molecule has 1 aromatic carbocycles. The van der Waals surface area contributed by atoms with Crippen LogP contribution in [0.3, 0.4) is 0 Å². The van der Waals surface area contributed by atoms with Gasteiger partial charge in [-0.25, -0.2) is 0 Å². The Hall–Kier alpha value is -1.88. The molecule has 0 saturated carbocycles. The zero-order valence-electron chi connectivity index (χ0n) is 13.1. The van der Waals surface area contributed by atoms with Gasteiger partial charge in [0.15, 0.2) is 0 Å². The van der Waals surface area contributed by atoms with E-state index in [-0.39, 0.29) is 11.9 Å². The van der Waals surface area contributed by atoms with Crippen LogP contribution in [-0.2, 0) is 9.59 Å². The summed E-state index contributed by atoms with van der Waals surface area (Å²) >= 11 is 0. The van der Waals surface area contributed by atoms with Crippen molar-refractivity contribution in [2.45, 2.75) is 37.6 Å². The first-order chi connectivity index (χ1) is 10.7. The Balaban J connectivity index is 1.88. The van der Waals surface area contributed by atoms with Gasteiger partial charge < -0.3 is 20.7 Å². The van der Waals surface area contributed by atoms with E-state index in [1.807, 2.05) is 12.1 Å². The quantitative estimate of drug-likeness (QED) is 0.670. The summed E-state index contributed by atoms with van der Waals surface area (Å²) in [6.07, 6.45) is 4.06. The maximum absolute atomic E-state index is 11.2. The number of hydrogen-bond donors (Lipinski definition) is 3. The fraction of sp³-hybridized carbons (Fsp3) is 0.529. The molecule has 1 saturated heterocycles. The number of carbonyl (C=O) groups is 2. The molecule has 5 nitrogen and oxygen atoms in total. The number of aldehydes is 1. The van der Waals surface area contributed by atoms with Crippen LogP contribution in [0.1, 0.15) is 37.2 Å². The fourth-order valence-electron chi connectivity index (χ4n) is 2.81. The van der Waals surface area contributed by atoms with Crippen LogP contribution in [-0.4, -0.2) is 38.4 Å². The Bertz CT molecular complexity index is 481. The average Bonchev–Trinajstić information content (AvgIpc) is 2.59. The molecule has 2 rings (SSSR count). The SMILES string of the molecule is CNC(=O)CCC(C=O)Nc1ccc(C2CCNCC2)cc1. The van der Waals surface area contributed by atoms with Gasteiger partial charge in [0.05, 0.1) is 6.04 Å². The molecule has 120 valence electrons. The molecule has 0 radical (unpaired) electrons. The van der Waals surface area contributed by atoms with Crippen LogP contribution in [0.2, 0.25) is 0 Å². The van der Waals surface area contributed by atoms with E-state index in [0.717, 1.165) is 25.1 Å². The summed E-state index contributed by atoms with van der Waals surface area (Å²) in [7, 11) is 1.60. The van der Waals surface area contributed by atoms with Gasteiger partial charge in [-0.1, -0.05) is 12.1 Å². The molecule has 1 fully saturated rings. The molecule has 1 aliphatic rings.